The summed E-state index contributed by atoms with van der Waals surface area (Å²) in [7, 11) is -3.45. The Morgan fingerprint density at radius 2 is 1.41 bits per heavy atom. The first-order valence-corrected chi connectivity index (χ1v) is 18.1. The molecule has 2 amide bonds. The Labute approximate surface area is 287 Å². The molecule has 1 aromatic heterocycles. The van der Waals surface area contributed by atoms with Gasteiger partial charge < -0.3 is 20.5 Å². The molecule has 0 radical (unpaired) electrons. The maximum Gasteiger partial charge on any atom is 0.325 e. The summed E-state index contributed by atoms with van der Waals surface area (Å²) in [4.78, 5) is 46.6. The molecule has 3 N–H and O–H groups in total. The van der Waals surface area contributed by atoms with E-state index in [1.165, 1.54) is 56.9 Å². The molecule has 3 aromatic carbocycles. The highest BCUT2D eigenvalue weighted by Gasteiger charge is 2.25. The quantitative estimate of drug-likeness (QED) is 0.122. The predicted molar refractivity (Wildman–Crippen MR) is 187 cm³/mol. The lowest BCUT2D eigenvalue weighted by molar-refractivity contribution is -0.141. The average molecular weight is 687 g/mol. The maximum atomic E-state index is 13.1. The number of carboxylic acids is 1. The summed E-state index contributed by atoms with van der Waals surface area (Å²) in [6, 6.07) is 18.0. The molecule has 0 spiro atoms. The minimum atomic E-state index is -3.45. The number of unbranched alkanes of at least 4 members (excludes halogenated alkanes) is 4. The Morgan fingerprint density at radius 3 is 2.00 bits per heavy atom. The van der Waals surface area contributed by atoms with E-state index in [-0.39, 0.29) is 16.9 Å². The van der Waals surface area contributed by atoms with Crippen LogP contribution >= 0.6 is 0 Å². The Hall–Kier alpha value is -5.10. The van der Waals surface area contributed by atoms with Crippen LogP contribution in [0.25, 0.3) is 22.5 Å². The van der Waals surface area contributed by atoms with Crippen molar-refractivity contribution in [3.8, 4) is 28.3 Å². The lowest BCUT2D eigenvalue weighted by atomic mass is 10.0. The van der Waals surface area contributed by atoms with Crippen LogP contribution in [-0.2, 0) is 25.8 Å². The highest BCUT2D eigenvalue weighted by molar-refractivity contribution is 7.90. The second-order valence-electron chi connectivity index (χ2n) is 11.9. The van der Waals surface area contributed by atoms with E-state index in [0.29, 0.717) is 18.0 Å². The second kappa shape index (κ2) is 17.3. The van der Waals surface area contributed by atoms with Gasteiger partial charge in [-0.05, 0) is 60.9 Å². The van der Waals surface area contributed by atoms with Crippen molar-refractivity contribution in [2.75, 3.05) is 12.9 Å². The third-order valence-electron chi connectivity index (χ3n) is 7.90. The zero-order chi connectivity index (χ0) is 35.4. The van der Waals surface area contributed by atoms with Crippen LogP contribution in [0, 0.1) is 0 Å². The number of aliphatic carboxylic acids is 1. The van der Waals surface area contributed by atoms with Gasteiger partial charge in [0.15, 0.2) is 15.7 Å². The van der Waals surface area contributed by atoms with E-state index in [1.54, 1.807) is 36.7 Å². The number of nitrogens with zero attached hydrogens (tertiary/aromatic N) is 2. The number of amides is 2. The van der Waals surface area contributed by atoms with Gasteiger partial charge in [0.1, 0.15) is 17.8 Å². The lowest BCUT2D eigenvalue weighted by Gasteiger charge is -2.20. The molecule has 4 rings (SSSR count). The summed E-state index contributed by atoms with van der Waals surface area (Å²) in [6.45, 7) is 4.23. The Kier molecular flexibility index (Phi) is 13.0. The molecule has 0 aliphatic heterocycles. The van der Waals surface area contributed by atoms with Crippen LogP contribution in [-0.4, -0.2) is 66.2 Å². The van der Waals surface area contributed by atoms with Gasteiger partial charge in [0.05, 0.1) is 11.5 Å². The largest absolute Gasteiger partial charge is 0.494 e. The number of benzene rings is 3. The number of rotatable bonds is 17. The van der Waals surface area contributed by atoms with Gasteiger partial charge in [0.2, 0.25) is 5.91 Å². The number of carbonyl (C=O) groups excluding carboxylic acids is 2. The van der Waals surface area contributed by atoms with Crippen molar-refractivity contribution in [3.63, 3.8) is 0 Å². The SMILES string of the molecule is CCCCCCCOc1ccc(-c2cnc(-c3ccc(C[C@H](NC(=O)c4ccc(S(C)(=O)=O)cc4)C(=O)N[C@H](C)C(=O)O)cc3)nc2)cc1. The number of carbonyl (C=O) groups is 3. The number of nitrogens with one attached hydrogen (secondary N) is 2. The molecule has 0 saturated carbocycles. The van der Waals surface area contributed by atoms with Crippen molar-refractivity contribution in [1.29, 1.82) is 0 Å². The van der Waals surface area contributed by atoms with Crippen LogP contribution in [0.15, 0.2) is 90.1 Å². The molecule has 0 aliphatic rings. The molecule has 11 nitrogen and oxygen atoms in total. The van der Waals surface area contributed by atoms with Gasteiger partial charge in [-0.25, -0.2) is 18.4 Å². The average Bonchev–Trinajstić information content (AvgIpc) is 3.09. The topological polar surface area (TPSA) is 165 Å². The van der Waals surface area contributed by atoms with Gasteiger partial charge >= 0.3 is 5.97 Å². The van der Waals surface area contributed by atoms with E-state index in [1.807, 2.05) is 24.3 Å². The molecule has 49 heavy (non-hydrogen) atoms. The van der Waals surface area contributed by atoms with Crippen LogP contribution in [0.5, 0.6) is 5.75 Å². The lowest BCUT2D eigenvalue weighted by Crippen LogP contribution is -2.51. The van der Waals surface area contributed by atoms with Gasteiger partial charge in [-0.3, -0.25) is 14.4 Å². The first-order valence-electron chi connectivity index (χ1n) is 16.2. The van der Waals surface area contributed by atoms with Crippen LogP contribution in [0.4, 0.5) is 0 Å². The van der Waals surface area contributed by atoms with Crippen LogP contribution in [0.2, 0.25) is 0 Å². The Morgan fingerprint density at radius 1 is 0.796 bits per heavy atom. The Bertz CT molecular complexity index is 1810. The number of carboxylic acid groups (broad SMARTS) is 1. The molecule has 0 aliphatic carbocycles. The molecule has 4 aromatic rings. The van der Waals surface area contributed by atoms with Crippen molar-refractivity contribution in [1.82, 2.24) is 20.6 Å². The zero-order valence-corrected chi connectivity index (χ0v) is 28.7. The van der Waals surface area contributed by atoms with Crippen LogP contribution < -0.4 is 15.4 Å². The minimum absolute atomic E-state index is 0.0511. The van der Waals surface area contributed by atoms with E-state index in [4.69, 9.17) is 4.74 Å². The van der Waals surface area contributed by atoms with E-state index in [9.17, 15) is 27.9 Å². The molecular formula is C37H42N4O7S. The van der Waals surface area contributed by atoms with E-state index in [2.05, 4.69) is 27.5 Å². The summed E-state index contributed by atoms with van der Waals surface area (Å²) in [6.07, 6.45) is 10.6. The predicted octanol–water partition coefficient (Wildman–Crippen LogP) is 5.49. The fourth-order valence-electron chi connectivity index (χ4n) is 4.97. The highest BCUT2D eigenvalue weighted by atomic mass is 32.2. The zero-order valence-electron chi connectivity index (χ0n) is 27.9. The Balaban J connectivity index is 1.40. The normalized spacial score (nSPS) is 12.5. The maximum absolute atomic E-state index is 13.1. The summed E-state index contributed by atoms with van der Waals surface area (Å²) in [5.41, 5.74) is 3.41. The van der Waals surface area contributed by atoms with Gasteiger partial charge in [-0.2, -0.15) is 0 Å². The first-order chi connectivity index (χ1) is 23.4. The molecule has 12 heteroatoms. The van der Waals surface area contributed by atoms with Gasteiger partial charge in [0, 0.05) is 41.8 Å². The van der Waals surface area contributed by atoms with Crippen LogP contribution in [0.3, 0.4) is 0 Å². The van der Waals surface area contributed by atoms with Gasteiger partial charge in [0.25, 0.3) is 5.91 Å². The minimum Gasteiger partial charge on any atom is -0.494 e. The monoisotopic (exact) mass is 686 g/mol. The van der Waals surface area contributed by atoms with Crippen molar-refractivity contribution in [2.45, 2.75) is 69.4 Å². The van der Waals surface area contributed by atoms with Crippen LogP contribution in [0.1, 0.15) is 61.9 Å². The molecule has 0 fully saturated rings. The van der Waals surface area contributed by atoms with Crippen molar-refractivity contribution in [2.24, 2.45) is 0 Å². The van der Waals surface area contributed by atoms with Crippen molar-refractivity contribution in [3.05, 3.63) is 96.3 Å². The molecular weight excluding hydrogens is 644 g/mol. The standard InChI is InChI=1S/C37H42N4O7S/c1-4-5-6-7-8-21-48-31-17-13-27(14-18-31)30-23-38-34(39-24-30)28-11-9-26(10-12-28)22-33(36(43)40-25(2)37(44)45)41-35(42)29-15-19-32(20-16-29)49(3,46)47/h9-20,23-25,33H,4-8,21-22H2,1-3H3,(H,40,43)(H,41,42)(H,44,45)/t25-,33+/m1/s1. The third-order valence-corrected chi connectivity index (χ3v) is 9.03. The molecule has 2 atom stereocenters. The number of hydrogen-bond donors (Lipinski definition) is 3. The number of sulfone groups is 1. The number of ether oxygens (including phenoxy) is 1. The van der Waals surface area contributed by atoms with Gasteiger partial charge in [-0.1, -0.05) is 69.0 Å². The number of aromatic nitrogens is 2. The highest BCUT2D eigenvalue weighted by Crippen LogP contribution is 2.24. The fraction of sp³-hybridized carbons (Fsp3) is 0.324. The second-order valence-corrected chi connectivity index (χ2v) is 13.9. The van der Waals surface area contributed by atoms with E-state index in [0.717, 1.165) is 35.1 Å². The number of hydrogen-bond acceptors (Lipinski definition) is 8. The summed E-state index contributed by atoms with van der Waals surface area (Å²) in [5.74, 6) is -1.18. The smallest absolute Gasteiger partial charge is 0.325 e. The summed E-state index contributed by atoms with van der Waals surface area (Å²) < 4.78 is 29.4. The molecule has 0 unspecified atom stereocenters. The first kappa shape index (κ1) is 36.7. The molecule has 0 saturated heterocycles. The third kappa shape index (κ3) is 11.0. The van der Waals surface area contributed by atoms with E-state index >= 15 is 0 Å². The van der Waals surface area contributed by atoms with Crippen molar-refractivity contribution < 1.29 is 32.6 Å². The molecule has 258 valence electrons. The molecule has 0 bridgehead atoms. The summed E-state index contributed by atoms with van der Waals surface area (Å²) in [5, 5.41) is 14.3. The fourth-order valence-corrected chi connectivity index (χ4v) is 5.60. The van der Waals surface area contributed by atoms with E-state index < -0.39 is 39.7 Å². The molecule has 1 heterocycles. The summed E-state index contributed by atoms with van der Waals surface area (Å²) >= 11 is 0. The van der Waals surface area contributed by atoms with Gasteiger partial charge in [-0.15, -0.1) is 0 Å². The van der Waals surface area contributed by atoms with Crippen molar-refractivity contribution >= 4 is 27.6 Å².